The van der Waals surface area contributed by atoms with E-state index in [2.05, 4.69) is 100 Å². The van der Waals surface area contributed by atoms with Crippen molar-refractivity contribution in [3.8, 4) is 23.2 Å². The van der Waals surface area contributed by atoms with Gasteiger partial charge in [-0.15, -0.1) is 6.58 Å². The van der Waals surface area contributed by atoms with Crippen molar-refractivity contribution in [2.45, 2.75) is 46.5 Å². The molecule has 0 atom stereocenters. The molecule has 0 unspecified atom stereocenters. The molecule has 1 N–H and O–H groups in total. The molecule has 1 aliphatic rings. The zero-order chi connectivity index (χ0) is 35.8. The van der Waals surface area contributed by atoms with E-state index in [1.165, 1.54) is 23.2 Å². The number of nitrogens with one attached hydrogen (secondary N) is 1. The number of ether oxygens (including phenoxy) is 1. The van der Waals surface area contributed by atoms with Crippen LogP contribution in [0.2, 0.25) is 0 Å². The van der Waals surface area contributed by atoms with Crippen LogP contribution in [0.25, 0.3) is 11.4 Å². The van der Waals surface area contributed by atoms with E-state index in [1.54, 1.807) is 24.5 Å². The molecule has 2 heterocycles. The number of nitrogens with zero attached hydrogens (tertiary/aromatic N) is 6. The number of piperidine rings is 1. The Bertz CT molecular complexity index is 1820. The predicted molar refractivity (Wildman–Crippen MR) is 209 cm³/mol. The number of benzene rings is 3. The van der Waals surface area contributed by atoms with Crippen molar-refractivity contribution in [3.63, 3.8) is 0 Å². The molecule has 1 saturated heterocycles. The predicted octanol–water partition coefficient (Wildman–Crippen LogP) is 7.92. The van der Waals surface area contributed by atoms with Crippen LogP contribution in [0.1, 0.15) is 54.0 Å². The zero-order valence-electron chi connectivity index (χ0n) is 30.4. The van der Waals surface area contributed by atoms with Gasteiger partial charge in [0.1, 0.15) is 0 Å². The zero-order valence-corrected chi connectivity index (χ0v) is 30.4. The molecule has 0 spiro atoms. The summed E-state index contributed by atoms with van der Waals surface area (Å²) in [7, 11) is 0. The van der Waals surface area contributed by atoms with Gasteiger partial charge in [0.2, 0.25) is 0 Å². The highest BCUT2D eigenvalue weighted by Crippen LogP contribution is 2.24. The summed E-state index contributed by atoms with van der Waals surface area (Å²) in [5, 5.41) is 13.8. The van der Waals surface area contributed by atoms with Crippen LogP contribution in [0, 0.1) is 31.1 Å². The van der Waals surface area contributed by atoms with Gasteiger partial charge in [-0.05, 0) is 113 Å². The average molecular weight is 682 g/mol. The van der Waals surface area contributed by atoms with E-state index >= 15 is 0 Å². The molecule has 4 aromatic rings. The lowest BCUT2D eigenvalue weighted by atomic mass is 9.97. The minimum Gasteiger partial charge on any atom is -0.490 e. The van der Waals surface area contributed by atoms with Crippen molar-refractivity contribution in [2.75, 3.05) is 50.8 Å². The Labute approximate surface area is 304 Å². The van der Waals surface area contributed by atoms with E-state index in [0.717, 1.165) is 68.0 Å². The number of nitriles is 1. The fourth-order valence-electron chi connectivity index (χ4n) is 6.51. The van der Waals surface area contributed by atoms with Gasteiger partial charge in [-0.2, -0.15) is 10.4 Å². The van der Waals surface area contributed by atoms with Crippen LogP contribution in [0.15, 0.2) is 109 Å². The van der Waals surface area contributed by atoms with Crippen LogP contribution in [-0.4, -0.2) is 66.5 Å². The first-order chi connectivity index (χ1) is 24.9. The normalized spacial score (nSPS) is 14.0. The Morgan fingerprint density at radius 2 is 1.88 bits per heavy atom. The maximum atomic E-state index is 9.32. The summed E-state index contributed by atoms with van der Waals surface area (Å²) in [6.07, 6.45) is 13.6. The van der Waals surface area contributed by atoms with Gasteiger partial charge in [0.05, 0.1) is 42.9 Å². The van der Waals surface area contributed by atoms with Crippen molar-refractivity contribution in [3.05, 3.63) is 132 Å². The second-order valence-electron chi connectivity index (χ2n) is 13.2. The van der Waals surface area contributed by atoms with Crippen molar-refractivity contribution >= 4 is 11.4 Å². The molecule has 0 amide bonds. The maximum Gasteiger partial charge on any atom is 0.159 e. The molecule has 8 nitrogen and oxygen atoms in total. The molecule has 0 radical (unpaired) electrons. The summed E-state index contributed by atoms with van der Waals surface area (Å²) in [6, 6.07) is 24.7. The molecule has 264 valence electrons. The minimum absolute atomic E-state index is 0.548. The summed E-state index contributed by atoms with van der Waals surface area (Å²) in [5.74, 6) is 1.93. The number of hydrazone groups is 1. The molecule has 5 rings (SSSR count). The number of hydrogen-bond acceptors (Lipinski definition) is 8. The van der Waals surface area contributed by atoms with Gasteiger partial charge in [0, 0.05) is 29.9 Å². The summed E-state index contributed by atoms with van der Waals surface area (Å²) in [6.45, 7) is 17.1. The number of likely N-dealkylation sites (tertiary alicyclic amines) is 1. The molecule has 0 bridgehead atoms. The van der Waals surface area contributed by atoms with Crippen LogP contribution in [0.3, 0.4) is 0 Å². The molecular formula is C43H51N7O. The molecule has 1 aromatic heterocycles. The molecule has 1 fully saturated rings. The molecule has 1 aliphatic heterocycles. The fourth-order valence-corrected chi connectivity index (χ4v) is 6.51. The van der Waals surface area contributed by atoms with Crippen LogP contribution in [-0.2, 0) is 6.42 Å². The summed E-state index contributed by atoms with van der Waals surface area (Å²) >= 11 is 0. The molecule has 8 heteroatoms. The Balaban J connectivity index is 1.07. The van der Waals surface area contributed by atoms with Crippen LogP contribution in [0.5, 0.6) is 5.75 Å². The number of rotatable bonds is 17. The third kappa shape index (κ3) is 11.1. The van der Waals surface area contributed by atoms with Gasteiger partial charge >= 0.3 is 0 Å². The number of anilines is 1. The molecule has 3 aromatic carbocycles. The lowest BCUT2D eigenvalue weighted by molar-refractivity contribution is 0.140. The lowest BCUT2D eigenvalue weighted by Crippen LogP contribution is -2.37. The third-order valence-electron chi connectivity index (χ3n) is 9.34. The van der Waals surface area contributed by atoms with Gasteiger partial charge in [-0.1, -0.05) is 60.2 Å². The molecule has 0 saturated carbocycles. The van der Waals surface area contributed by atoms with Gasteiger partial charge in [-0.3, -0.25) is 0 Å². The van der Waals surface area contributed by atoms with Crippen LogP contribution >= 0.6 is 0 Å². The molecule has 0 aliphatic carbocycles. The summed E-state index contributed by atoms with van der Waals surface area (Å²) in [5.41, 5.74) is 11.4. The molecule has 51 heavy (non-hydrogen) atoms. The van der Waals surface area contributed by atoms with Gasteiger partial charge in [0.25, 0.3) is 0 Å². The number of aromatic nitrogens is 2. The lowest BCUT2D eigenvalue weighted by Gasteiger charge is -2.32. The highest BCUT2D eigenvalue weighted by atomic mass is 16.5. The number of aryl methyl sites for hydroxylation is 2. The van der Waals surface area contributed by atoms with Crippen molar-refractivity contribution in [1.82, 2.24) is 20.3 Å². The topological polar surface area (TPSA) is 89.7 Å². The largest absolute Gasteiger partial charge is 0.490 e. The fraction of sp³-hybridized carbons (Fsp3) is 0.349. The first kappa shape index (κ1) is 37.0. The Morgan fingerprint density at radius 1 is 1.08 bits per heavy atom. The van der Waals surface area contributed by atoms with Gasteiger partial charge in [0.15, 0.2) is 11.6 Å². The van der Waals surface area contributed by atoms with Crippen molar-refractivity contribution < 1.29 is 4.74 Å². The monoisotopic (exact) mass is 681 g/mol. The first-order valence-corrected chi connectivity index (χ1v) is 18.1. The van der Waals surface area contributed by atoms with E-state index in [4.69, 9.17) is 4.74 Å². The summed E-state index contributed by atoms with van der Waals surface area (Å²) < 4.78 is 6.15. The quantitative estimate of drug-likeness (QED) is 0.0524. The van der Waals surface area contributed by atoms with E-state index in [0.29, 0.717) is 42.6 Å². The minimum atomic E-state index is 0.548. The van der Waals surface area contributed by atoms with Gasteiger partial charge in [-0.25, -0.2) is 9.97 Å². The Morgan fingerprint density at radius 3 is 2.63 bits per heavy atom. The average Bonchev–Trinajstić information content (AvgIpc) is 3.16. The van der Waals surface area contributed by atoms with E-state index in [-0.39, 0.29) is 0 Å². The Hall–Kier alpha value is -5.26. The second kappa shape index (κ2) is 19.2. The Kier molecular flexibility index (Phi) is 13.9. The highest BCUT2D eigenvalue weighted by Gasteiger charge is 2.20. The highest BCUT2D eigenvalue weighted by molar-refractivity contribution is 6.08. The second-order valence-corrected chi connectivity index (χ2v) is 13.2. The summed E-state index contributed by atoms with van der Waals surface area (Å²) in [4.78, 5) is 14.4. The maximum absolute atomic E-state index is 9.32. The van der Waals surface area contributed by atoms with Gasteiger partial charge < -0.3 is 20.0 Å². The van der Waals surface area contributed by atoms with Crippen molar-refractivity contribution in [2.24, 2.45) is 11.0 Å². The molecular weight excluding hydrogens is 631 g/mol. The van der Waals surface area contributed by atoms with E-state index in [9.17, 15) is 5.26 Å². The van der Waals surface area contributed by atoms with Crippen molar-refractivity contribution in [1.29, 1.82) is 5.26 Å². The third-order valence-corrected chi connectivity index (χ3v) is 9.34. The first-order valence-electron chi connectivity index (χ1n) is 18.1. The number of allylic oxidation sites excluding steroid dienone is 2. The van der Waals surface area contributed by atoms with E-state index in [1.807, 2.05) is 36.4 Å². The SMILES string of the molecule is C=CCN/N=C(\C=C/Cc1cccc(-c2ncc(OCC3CCN(CCCN(CC)c4ccc(C)cc4C)CC3)cn2)c1)c1cccc(C#N)c1. The van der Waals surface area contributed by atoms with Crippen LogP contribution in [0.4, 0.5) is 5.69 Å². The smallest absolute Gasteiger partial charge is 0.159 e. The van der Waals surface area contributed by atoms with Crippen LogP contribution < -0.4 is 15.1 Å². The number of hydrogen-bond donors (Lipinski definition) is 1. The van der Waals surface area contributed by atoms with E-state index < -0.39 is 0 Å². The standard InChI is InChI=1S/C43H51N7O/c1-5-21-47-48-41(38-14-8-13-37(28-38)29-44)16-9-12-35-11-7-15-39(27-35)43-45-30-40(31-46-43)51-32-36-19-24-49(25-20-36)22-10-23-50(6-2)42-18-17-33(3)26-34(42)4/h5,7-9,11,13-18,26-28,30-31,36,47H,1,6,10,12,19-25,32H2,2-4H3/b16-9-,48-41+.